The van der Waals surface area contributed by atoms with Gasteiger partial charge in [0.05, 0.1) is 5.92 Å². The van der Waals surface area contributed by atoms with Crippen molar-refractivity contribution in [3.8, 4) is 0 Å². The summed E-state index contributed by atoms with van der Waals surface area (Å²) in [5, 5.41) is 11.7. The minimum atomic E-state index is -0.748. The van der Waals surface area contributed by atoms with Crippen molar-refractivity contribution in [3.63, 3.8) is 0 Å². The smallest absolute Gasteiger partial charge is 0.317 e. The van der Waals surface area contributed by atoms with Gasteiger partial charge in [-0.05, 0) is 26.2 Å². The van der Waals surface area contributed by atoms with Gasteiger partial charge in [0.25, 0.3) is 0 Å². The largest absolute Gasteiger partial charge is 0.481 e. The second-order valence-corrected chi connectivity index (χ2v) is 4.36. The number of nitrogens with one attached hydrogen (secondary N) is 1. The Hall–Kier alpha value is -1.26. The molecule has 5 nitrogen and oxygen atoms in total. The van der Waals surface area contributed by atoms with E-state index in [-0.39, 0.29) is 18.0 Å². The Morgan fingerprint density at radius 1 is 1.44 bits per heavy atom. The number of carbonyl (C=O) groups excluding carboxylic acids is 1. The fourth-order valence-corrected chi connectivity index (χ4v) is 1.73. The summed E-state index contributed by atoms with van der Waals surface area (Å²) < 4.78 is 0. The van der Waals surface area contributed by atoms with E-state index < -0.39 is 5.97 Å². The lowest BCUT2D eigenvalue weighted by Gasteiger charge is -2.31. The molecule has 0 saturated carbocycles. The Bertz CT molecular complexity index is 260. The first-order valence-electron chi connectivity index (χ1n) is 5.82. The Morgan fingerprint density at radius 2 is 2.00 bits per heavy atom. The third-order valence-corrected chi connectivity index (χ3v) is 3.11. The average Bonchev–Trinajstić information content (AvgIpc) is 2.28. The first kappa shape index (κ1) is 12.8. The van der Waals surface area contributed by atoms with E-state index in [2.05, 4.69) is 5.32 Å². The number of likely N-dealkylation sites (tertiary alicyclic amines) is 1. The fourth-order valence-electron chi connectivity index (χ4n) is 1.73. The van der Waals surface area contributed by atoms with Crippen molar-refractivity contribution >= 4 is 12.0 Å². The lowest BCUT2D eigenvalue weighted by molar-refractivity contribution is -0.143. The third kappa shape index (κ3) is 3.40. The summed E-state index contributed by atoms with van der Waals surface area (Å²) in [6.45, 7) is 5.06. The molecular weight excluding hydrogens is 208 g/mol. The number of piperidine rings is 1. The number of carbonyl (C=O) groups is 2. The SMILES string of the molecule is CCC(C)NC(=O)N1CCC(C(=O)O)CC1. The number of aliphatic carboxylic acids is 1. The molecule has 1 heterocycles. The molecule has 0 aromatic rings. The van der Waals surface area contributed by atoms with Crippen LogP contribution < -0.4 is 5.32 Å². The summed E-state index contributed by atoms with van der Waals surface area (Å²) in [6, 6.07) is 0.0999. The van der Waals surface area contributed by atoms with Gasteiger partial charge in [-0.15, -0.1) is 0 Å². The number of hydrogen-bond donors (Lipinski definition) is 2. The molecule has 0 spiro atoms. The van der Waals surface area contributed by atoms with Crippen LogP contribution in [-0.4, -0.2) is 41.1 Å². The maximum atomic E-state index is 11.7. The van der Waals surface area contributed by atoms with Gasteiger partial charge in [-0.25, -0.2) is 4.79 Å². The molecular formula is C11H20N2O3. The Kier molecular flexibility index (Phi) is 4.58. The minimum absolute atomic E-state index is 0.0711. The van der Waals surface area contributed by atoms with Gasteiger partial charge < -0.3 is 15.3 Å². The molecule has 92 valence electrons. The quantitative estimate of drug-likeness (QED) is 0.764. The second-order valence-electron chi connectivity index (χ2n) is 4.36. The normalized spacial score (nSPS) is 19.2. The van der Waals surface area contributed by atoms with Crippen LogP contribution in [0.5, 0.6) is 0 Å². The van der Waals surface area contributed by atoms with Crippen LogP contribution in [0.25, 0.3) is 0 Å². The van der Waals surface area contributed by atoms with Gasteiger partial charge in [0.15, 0.2) is 0 Å². The summed E-state index contributed by atoms with van der Waals surface area (Å²) in [7, 11) is 0. The molecule has 0 aromatic carbocycles. The van der Waals surface area contributed by atoms with E-state index in [0.29, 0.717) is 25.9 Å². The standard InChI is InChI=1S/C11H20N2O3/c1-3-8(2)12-11(16)13-6-4-9(5-7-13)10(14)15/h8-9H,3-7H2,1-2H3,(H,12,16)(H,14,15). The van der Waals surface area contributed by atoms with E-state index in [0.717, 1.165) is 6.42 Å². The van der Waals surface area contributed by atoms with E-state index in [4.69, 9.17) is 5.11 Å². The molecule has 1 saturated heterocycles. The fraction of sp³-hybridized carbons (Fsp3) is 0.818. The van der Waals surface area contributed by atoms with Crippen LogP contribution in [0.2, 0.25) is 0 Å². The van der Waals surface area contributed by atoms with Crippen LogP contribution in [0.3, 0.4) is 0 Å². The Morgan fingerprint density at radius 3 is 2.44 bits per heavy atom. The van der Waals surface area contributed by atoms with Crippen molar-refractivity contribution in [3.05, 3.63) is 0 Å². The third-order valence-electron chi connectivity index (χ3n) is 3.11. The van der Waals surface area contributed by atoms with Crippen LogP contribution in [0.15, 0.2) is 0 Å². The van der Waals surface area contributed by atoms with Crippen molar-refractivity contribution in [2.24, 2.45) is 5.92 Å². The summed E-state index contributed by atoms with van der Waals surface area (Å²) >= 11 is 0. The molecule has 1 rings (SSSR count). The molecule has 1 aliphatic rings. The number of amides is 2. The first-order valence-corrected chi connectivity index (χ1v) is 5.82. The molecule has 1 fully saturated rings. The van der Waals surface area contributed by atoms with Crippen LogP contribution in [0.4, 0.5) is 4.79 Å². The summed E-state index contributed by atoms with van der Waals surface area (Å²) in [4.78, 5) is 24.1. The van der Waals surface area contributed by atoms with Gasteiger partial charge in [0.2, 0.25) is 0 Å². The van der Waals surface area contributed by atoms with E-state index in [1.807, 2.05) is 13.8 Å². The maximum Gasteiger partial charge on any atom is 0.317 e. The molecule has 0 aliphatic carbocycles. The summed E-state index contributed by atoms with van der Waals surface area (Å²) in [6.07, 6.45) is 2.02. The van der Waals surface area contributed by atoms with Crippen molar-refractivity contribution < 1.29 is 14.7 Å². The lowest BCUT2D eigenvalue weighted by atomic mass is 9.97. The molecule has 0 bridgehead atoms. The van der Waals surface area contributed by atoms with E-state index >= 15 is 0 Å². The molecule has 0 radical (unpaired) electrons. The molecule has 0 aromatic heterocycles. The predicted octanol–water partition coefficient (Wildman–Crippen LogP) is 1.29. The number of urea groups is 1. The van der Waals surface area contributed by atoms with Crippen molar-refractivity contribution in [2.75, 3.05) is 13.1 Å². The number of hydrogen-bond acceptors (Lipinski definition) is 2. The average molecular weight is 228 g/mol. The Labute approximate surface area is 95.8 Å². The van der Waals surface area contributed by atoms with E-state index in [1.165, 1.54) is 0 Å². The van der Waals surface area contributed by atoms with Crippen LogP contribution in [0.1, 0.15) is 33.1 Å². The first-order chi connectivity index (χ1) is 7.54. The number of nitrogens with zero attached hydrogens (tertiary/aromatic N) is 1. The van der Waals surface area contributed by atoms with Gasteiger partial charge in [-0.2, -0.15) is 0 Å². The molecule has 1 atom stereocenters. The van der Waals surface area contributed by atoms with Gasteiger partial charge in [0, 0.05) is 19.1 Å². The molecule has 16 heavy (non-hydrogen) atoms. The van der Waals surface area contributed by atoms with Crippen LogP contribution in [-0.2, 0) is 4.79 Å². The zero-order valence-electron chi connectivity index (χ0n) is 9.90. The zero-order chi connectivity index (χ0) is 12.1. The second kappa shape index (κ2) is 5.72. The van der Waals surface area contributed by atoms with Gasteiger partial charge >= 0.3 is 12.0 Å². The predicted molar refractivity (Wildman–Crippen MR) is 60.2 cm³/mol. The molecule has 2 amide bonds. The molecule has 1 unspecified atom stereocenters. The molecule has 2 N–H and O–H groups in total. The van der Waals surface area contributed by atoms with Crippen molar-refractivity contribution in [1.29, 1.82) is 0 Å². The van der Waals surface area contributed by atoms with Gasteiger partial charge in [-0.3, -0.25) is 4.79 Å². The highest BCUT2D eigenvalue weighted by Gasteiger charge is 2.27. The van der Waals surface area contributed by atoms with E-state index in [9.17, 15) is 9.59 Å². The lowest BCUT2D eigenvalue weighted by Crippen LogP contribution is -2.47. The van der Waals surface area contributed by atoms with Crippen LogP contribution in [0, 0.1) is 5.92 Å². The summed E-state index contributed by atoms with van der Waals surface area (Å²) in [5.74, 6) is -1.03. The highest BCUT2D eigenvalue weighted by Crippen LogP contribution is 2.17. The van der Waals surface area contributed by atoms with Gasteiger partial charge in [-0.1, -0.05) is 6.92 Å². The minimum Gasteiger partial charge on any atom is -0.481 e. The highest BCUT2D eigenvalue weighted by molar-refractivity contribution is 5.75. The van der Waals surface area contributed by atoms with Crippen LogP contribution >= 0.6 is 0 Å². The molecule has 5 heteroatoms. The van der Waals surface area contributed by atoms with Crippen molar-refractivity contribution in [1.82, 2.24) is 10.2 Å². The molecule has 1 aliphatic heterocycles. The highest BCUT2D eigenvalue weighted by atomic mass is 16.4. The van der Waals surface area contributed by atoms with Gasteiger partial charge in [0.1, 0.15) is 0 Å². The monoisotopic (exact) mass is 228 g/mol. The summed E-state index contributed by atoms with van der Waals surface area (Å²) in [5.41, 5.74) is 0. The number of carboxylic acids is 1. The number of rotatable bonds is 3. The Balaban J connectivity index is 2.36. The maximum absolute atomic E-state index is 11.7. The number of carboxylic acid groups (broad SMARTS) is 1. The topological polar surface area (TPSA) is 69.6 Å². The van der Waals surface area contributed by atoms with E-state index in [1.54, 1.807) is 4.90 Å². The van der Waals surface area contributed by atoms with Crippen molar-refractivity contribution in [2.45, 2.75) is 39.2 Å². The zero-order valence-corrected chi connectivity index (χ0v) is 9.90.